The van der Waals surface area contributed by atoms with Crippen LogP contribution >= 0.6 is 11.3 Å². The zero-order valence-electron chi connectivity index (χ0n) is 13.6. The number of ether oxygens (including phenoxy) is 1. The molecule has 130 valence electrons. The van der Waals surface area contributed by atoms with E-state index in [-0.39, 0.29) is 12.2 Å². The van der Waals surface area contributed by atoms with Crippen LogP contribution in [0.2, 0.25) is 0 Å². The molecule has 0 aliphatic carbocycles. The third kappa shape index (κ3) is 3.40. The maximum atomic E-state index is 12.2. The van der Waals surface area contributed by atoms with Gasteiger partial charge >= 0.3 is 5.97 Å². The van der Waals surface area contributed by atoms with Crippen molar-refractivity contribution in [2.24, 2.45) is 0 Å². The SMILES string of the molecule is O=C(OCc1cc(=O)n2ccsc2n1)c1ccc(Cn2cccn2)cc1. The summed E-state index contributed by atoms with van der Waals surface area (Å²) < 4.78 is 8.53. The first-order valence-corrected chi connectivity index (χ1v) is 8.76. The molecule has 0 bridgehead atoms. The fourth-order valence-corrected chi connectivity index (χ4v) is 3.25. The Bertz CT molecular complexity index is 1100. The van der Waals surface area contributed by atoms with Gasteiger partial charge in [-0.1, -0.05) is 12.1 Å². The highest BCUT2D eigenvalue weighted by atomic mass is 32.1. The van der Waals surface area contributed by atoms with Crippen LogP contribution in [0.15, 0.2) is 65.2 Å². The van der Waals surface area contributed by atoms with Crippen molar-refractivity contribution in [3.63, 3.8) is 0 Å². The fourth-order valence-electron chi connectivity index (χ4n) is 2.51. The topological polar surface area (TPSA) is 78.5 Å². The van der Waals surface area contributed by atoms with Gasteiger partial charge in [0, 0.05) is 30.0 Å². The molecule has 26 heavy (non-hydrogen) atoms. The molecular formula is C18H14N4O3S. The number of nitrogens with zero attached hydrogens (tertiary/aromatic N) is 4. The average Bonchev–Trinajstić information content (AvgIpc) is 3.32. The zero-order chi connectivity index (χ0) is 17.9. The van der Waals surface area contributed by atoms with Gasteiger partial charge in [-0.05, 0) is 23.8 Å². The molecule has 0 N–H and O–H groups in total. The fraction of sp³-hybridized carbons (Fsp3) is 0.111. The Morgan fingerprint density at radius 3 is 2.81 bits per heavy atom. The molecule has 0 aliphatic heterocycles. The molecule has 0 spiro atoms. The number of rotatable bonds is 5. The highest BCUT2D eigenvalue weighted by molar-refractivity contribution is 7.15. The zero-order valence-corrected chi connectivity index (χ0v) is 14.4. The van der Waals surface area contributed by atoms with Crippen LogP contribution in [0.25, 0.3) is 4.96 Å². The van der Waals surface area contributed by atoms with Gasteiger partial charge in [0.05, 0.1) is 17.8 Å². The van der Waals surface area contributed by atoms with Gasteiger partial charge < -0.3 is 4.74 Å². The minimum atomic E-state index is -0.455. The molecule has 1 aromatic carbocycles. The number of esters is 1. The van der Waals surface area contributed by atoms with Crippen LogP contribution in [0.4, 0.5) is 0 Å². The van der Waals surface area contributed by atoms with Crippen LogP contribution in [0, 0.1) is 0 Å². The van der Waals surface area contributed by atoms with Crippen molar-refractivity contribution in [2.75, 3.05) is 0 Å². The highest BCUT2D eigenvalue weighted by Crippen LogP contribution is 2.10. The van der Waals surface area contributed by atoms with E-state index in [2.05, 4.69) is 10.1 Å². The minimum absolute atomic E-state index is 0.0441. The summed E-state index contributed by atoms with van der Waals surface area (Å²) in [7, 11) is 0. The lowest BCUT2D eigenvalue weighted by molar-refractivity contribution is 0.0468. The molecular weight excluding hydrogens is 352 g/mol. The van der Waals surface area contributed by atoms with Crippen molar-refractivity contribution in [2.45, 2.75) is 13.2 Å². The van der Waals surface area contributed by atoms with Crippen LogP contribution < -0.4 is 5.56 Å². The van der Waals surface area contributed by atoms with Gasteiger partial charge in [0.2, 0.25) is 0 Å². The molecule has 8 heteroatoms. The van der Waals surface area contributed by atoms with E-state index in [4.69, 9.17) is 4.74 Å². The van der Waals surface area contributed by atoms with E-state index in [0.29, 0.717) is 22.8 Å². The van der Waals surface area contributed by atoms with Crippen LogP contribution in [0.3, 0.4) is 0 Å². The summed E-state index contributed by atoms with van der Waals surface area (Å²) in [5, 5.41) is 5.93. The molecule has 0 saturated carbocycles. The third-order valence-electron chi connectivity index (χ3n) is 3.80. The van der Waals surface area contributed by atoms with E-state index in [1.54, 1.807) is 34.6 Å². The van der Waals surface area contributed by atoms with E-state index in [1.807, 2.05) is 24.4 Å². The number of aromatic nitrogens is 4. The molecule has 4 aromatic rings. The molecule has 0 radical (unpaired) electrons. The lowest BCUT2D eigenvalue weighted by Crippen LogP contribution is -2.14. The summed E-state index contributed by atoms with van der Waals surface area (Å²) in [6.45, 7) is 0.592. The average molecular weight is 366 g/mol. The second-order valence-electron chi connectivity index (χ2n) is 5.62. The predicted octanol–water partition coefficient (Wildman–Crippen LogP) is 2.36. The predicted molar refractivity (Wildman–Crippen MR) is 96.2 cm³/mol. The number of carbonyl (C=O) groups excluding carboxylic acids is 1. The monoisotopic (exact) mass is 366 g/mol. The summed E-state index contributed by atoms with van der Waals surface area (Å²) in [6.07, 6.45) is 5.26. The molecule has 3 aromatic heterocycles. The van der Waals surface area contributed by atoms with Crippen LogP contribution in [-0.4, -0.2) is 25.1 Å². The second-order valence-corrected chi connectivity index (χ2v) is 6.49. The second kappa shape index (κ2) is 6.93. The molecule has 0 fully saturated rings. The summed E-state index contributed by atoms with van der Waals surface area (Å²) in [4.78, 5) is 29.0. The van der Waals surface area contributed by atoms with E-state index < -0.39 is 5.97 Å². The molecule has 0 aliphatic rings. The Labute approximate surface area is 152 Å². The molecule has 3 heterocycles. The lowest BCUT2D eigenvalue weighted by Gasteiger charge is -2.06. The van der Waals surface area contributed by atoms with Crippen molar-refractivity contribution in [3.05, 3.63) is 87.5 Å². The van der Waals surface area contributed by atoms with Gasteiger partial charge in [-0.15, -0.1) is 11.3 Å². The Morgan fingerprint density at radius 2 is 2.04 bits per heavy atom. The van der Waals surface area contributed by atoms with E-state index in [0.717, 1.165) is 5.56 Å². The summed E-state index contributed by atoms with van der Waals surface area (Å²) in [6, 6.07) is 10.4. The first kappa shape index (κ1) is 16.2. The van der Waals surface area contributed by atoms with E-state index in [9.17, 15) is 9.59 Å². The summed E-state index contributed by atoms with van der Waals surface area (Å²) in [5.74, 6) is -0.455. The van der Waals surface area contributed by atoms with Crippen LogP contribution in [0.1, 0.15) is 21.6 Å². The minimum Gasteiger partial charge on any atom is -0.456 e. The Balaban J connectivity index is 1.41. The number of thiazole rings is 1. The smallest absolute Gasteiger partial charge is 0.338 e. The van der Waals surface area contributed by atoms with E-state index >= 15 is 0 Å². The van der Waals surface area contributed by atoms with Gasteiger partial charge in [-0.3, -0.25) is 13.9 Å². The van der Waals surface area contributed by atoms with Gasteiger partial charge in [0.1, 0.15) is 6.61 Å². The highest BCUT2D eigenvalue weighted by Gasteiger charge is 2.10. The Hall–Kier alpha value is -3.26. The van der Waals surface area contributed by atoms with Crippen molar-refractivity contribution in [1.82, 2.24) is 19.2 Å². The molecule has 7 nitrogen and oxygen atoms in total. The maximum Gasteiger partial charge on any atom is 0.338 e. The normalized spacial score (nSPS) is 10.9. The number of fused-ring (bicyclic) bond motifs is 1. The standard InChI is InChI=1S/C18H14N4O3S/c23-16-10-15(20-18-22(16)8-9-26-18)12-25-17(24)14-4-2-13(3-5-14)11-21-7-1-6-19-21/h1-10H,11-12H2. The van der Waals surface area contributed by atoms with E-state index in [1.165, 1.54) is 21.8 Å². The quantitative estimate of drug-likeness (QED) is 0.507. The number of carbonyl (C=O) groups is 1. The van der Waals surface area contributed by atoms with Gasteiger partial charge in [0.25, 0.3) is 5.56 Å². The van der Waals surface area contributed by atoms with Crippen molar-refractivity contribution < 1.29 is 9.53 Å². The molecule has 0 saturated heterocycles. The Morgan fingerprint density at radius 1 is 1.19 bits per heavy atom. The van der Waals surface area contributed by atoms with Crippen LogP contribution in [0.5, 0.6) is 0 Å². The number of benzene rings is 1. The summed E-state index contributed by atoms with van der Waals surface area (Å²) >= 11 is 1.35. The molecule has 0 atom stereocenters. The van der Waals surface area contributed by atoms with Crippen LogP contribution in [-0.2, 0) is 17.9 Å². The van der Waals surface area contributed by atoms with Gasteiger partial charge in [-0.25, -0.2) is 9.78 Å². The molecule has 0 unspecified atom stereocenters. The van der Waals surface area contributed by atoms with Crippen molar-refractivity contribution in [3.8, 4) is 0 Å². The van der Waals surface area contributed by atoms with Gasteiger partial charge in [-0.2, -0.15) is 5.10 Å². The third-order valence-corrected chi connectivity index (χ3v) is 4.56. The largest absolute Gasteiger partial charge is 0.456 e. The molecule has 4 rings (SSSR count). The maximum absolute atomic E-state index is 12.2. The Kier molecular flexibility index (Phi) is 4.32. The number of hydrogen-bond acceptors (Lipinski definition) is 6. The first-order valence-electron chi connectivity index (χ1n) is 7.88. The number of hydrogen-bond donors (Lipinski definition) is 0. The summed E-state index contributed by atoms with van der Waals surface area (Å²) in [5.41, 5.74) is 1.72. The van der Waals surface area contributed by atoms with Crippen molar-refractivity contribution in [1.29, 1.82) is 0 Å². The van der Waals surface area contributed by atoms with Crippen molar-refractivity contribution >= 4 is 22.3 Å². The van der Waals surface area contributed by atoms with Gasteiger partial charge in [0.15, 0.2) is 4.96 Å². The molecule has 0 amide bonds. The first-order chi connectivity index (χ1) is 12.7. The lowest BCUT2D eigenvalue weighted by atomic mass is 10.1.